The molecule has 2 aromatic heterocycles. The van der Waals surface area contributed by atoms with Gasteiger partial charge >= 0.3 is 5.97 Å². The molecule has 3 nitrogen and oxygen atoms in total. The predicted octanol–water partition coefficient (Wildman–Crippen LogP) is 4.31. The van der Waals surface area contributed by atoms with Gasteiger partial charge in [0.2, 0.25) is 0 Å². The fraction of sp³-hybridized carbons (Fsp3) is 0.235. The topological polar surface area (TPSA) is 52.3 Å². The molecule has 2 atom stereocenters. The van der Waals surface area contributed by atoms with E-state index in [9.17, 15) is 4.79 Å². The molecule has 114 valence electrons. The Bertz CT molecular complexity index is 731. The van der Waals surface area contributed by atoms with Gasteiger partial charge in [-0.1, -0.05) is 18.2 Å². The molecule has 5 heteroatoms. The van der Waals surface area contributed by atoms with Gasteiger partial charge in [-0.05, 0) is 46.8 Å². The lowest BCUT2D eigenvalue weighted by molar-refractivity contribution is -0.145. The maximum Gasteiger partial charge on any atom is 0.315 e. The van der Waals surface area contributed by atoms with Crippen LogP contribution in [0.2, 0.25) is 0 Å². The SMILES string of the molecule is CCOC(=O)C(c1ccsc1)C(N)c1cc2ccccc2s1. The van der Waals surface area contributed by atoms with E-state index in [0.29, 0.717) is 6.61 Å². The summed E-state index contributed by atoms with van der Waals surface area (Å²) < 4.78 is 6.42. The Morgan fingerprint density at radius 2 is 2.14 bits per heavy atom. The van der Waals surface area contributed by atoms with Gasteiger partial charge in [0.25, 0.3) is 0 Å². The number of carbonyl (C=O) groups is 1. The molecular formula is C17H17NO2S2. The number of hydrogen-bond donors (Lipinski definition) is 1. The summed E-state index contributed by atoms with van der Waals surface area (Å²) in [6.07, 6.45) is 0. The Hall–Kier alpha value is -1.69. The van der Waals surface area contributed by atoms with Crippen LogP contribution in [0.1, 0.15) is 29.3 Å². The fourth-order valence-corrected chi connectivity index (χ4v) is 4.30. The Morgan fingerprint density at radius 1 is 1.32 bits per heavy atom. The molecule has 2 heterocycles. The number of benzene rings is 1. The van der Waals surface area contributed by atoms with Gasteiger partial charge in [0.1, 0.15) is 5.92 Å². The van der Waals surface area contributed by atoms with Gasteiger partial charge < -0.3 is 10.5 Å². The Balaban J connectivity index is 1.97. The van der Waals surface area contributed by atoms with Crippen molar-refractivity contribution in [3.63, 3.8) is 0 Å². The molecule has 0 aliphatic heterocycles. The first kappa shape index (κ1) is 15.2. The number of nitrogens with two attached hydrogens (primary N) is 1. The Morgan fingerprint density at radius 3 is 2.82 bits per heavy atom. The smallest absolute Gasteiger partial charge is 0.315 e. The first-order valence-corrected chi connectivity index (χ1v) is 8.89. The van der Waals surface area contributed by atoms with Crippen molar-refractivity contribution in [2.24, 2.45) is 5.73 Å². The lowest BCUT2D eigenvalue weighted by atomic mass is 9.93. The number of fused-ring (bicyclic) bond motifs is 1. The normalized spacial score (nSPS) is 13.9. The zero-order chi connectivity index (χ0) is 15.5. The largest absolute Gasteiger partial charge is 0.465 e. The van der Waals surface area contributed by atoms with Crippen molar-refractivity contribution in [2.75, 3.05) is 6.61 Å². The summed E-state index contributed by atoms with van der Waals surface area (Å²) in [5, 5.41) is 5.08. The molecular weight excluding hydrogens is 314 g/mol. The van der Waals surface area contributed by atoms with Crippen molar-refractivity contribution >= 4 is 38.7 Å². The quantitative estimate of drug-likeness (QED) is 0.709. The first-order valence-electron chi connectivity index (χ1n) is 7.13. The second-order valence-corrected chi connectivity index (χ2v) is 6.89. The number of esters is 1. The van der Waals surface area contributed by atoms with E-state index in [2.05, 4.69) is 18.2 Å². The van der Waals surface area contributed by atoms with Crippen LogP contribution in [0, 0.1) is 0 Å². The predicted molar refractivity (Wildman–Crippen MR) is 92.4 cm³/mol. The molecule has 0 aliphatic carbocycles. The minimum atomic E-state index is -0.459. The second-order valence-electron chi connectivity index (χ2n) is 5.00. The molecule has 2 N–H and O–H groups in total. The molecule has 0 amide bonds. The summed E-state index contributed by atoms with van der Waals surface area (Å²) in [6.45, 7) is 2.17. The van der Waals surface area contributed by atoms with E-state index in [-0.39, 0.29) is 5.97 Å². The van der Waals surface area contributed by atoms with Gasteiger partial charge in [-0.25, -0.2) is 0 Å². The summed E-state index contributed by atoms with van der Waals surface area (Å²) in [6, 6.07) is 11.8. The molecule has 2 unspecified atom stereocenters. The fourth-order valence-electron chi connectivity index (χ4n) is 2.50. The molecule has 0 saturated heterocycles. The van der Waals surface area contributed by atoms with E-state index >= 15 is 0 Å². The lowest BCUT2D eigenvalue weighted by Crippen LogP contribution is -2.27. The second kappa shape index (κ2) is 6.60. The van der Waals surface area contributed by atoms with E-state index in [1.807, 2.05) is 35.9 Å². The highest BCUT2D eigenvalue weighted by Gasteiger charge is 2.31. The highest BCUT2D eigenvalue weighted by Crippen LogP contribution is 2.37. The number of rotatable bonds is 5. The molecule has 3 aromatic rings. The van der Waals surface area contributed by atoms with Crippen molar-refractivity contribution in [2.45, 2.75) is 18.9 Å². The van der Waals surface area contributed by atoms with E-state index in [4.69, 9.17) is 10.5 Å². The van der Waals surface area contributed by atoms with Crippen molar-refractivity contribution in [3.05, 3.63) is 57.6 Å². The Kier molecular flexibility index (Phi) is 4.57. The van der Waals surface area contributed by atoms with E-state index in [1.165, 1.54) is 4.70 Å². The third-order valence-electron chi connectivity index (χ3n) is 3.58. The van der Waals surface area contributed by atoms with E-state index in [1.54, 1.807) is 22.7 Å². The van der Waals surface area contributed by atoms with Crippen LogP contribution in [0.15, 0.2) is 47.2 Å². The molecule has 22 heavy (non-hydrogen) atoms. The van der Waals surface area contributed by atoms with Crippen molar-refractivity contribution < 1.29 is 9.53 Å². The van der Waals surface area contributed by atoms with Crippen LogP contribution in [0.25, 0.3) is 10.1 Å². The third-order valence-corrected chi connectivity index (χ3v) is 5.49. The van der Waals surface area contributed by atoms with Gasteiger partial charge in [0.15, 0.2) is 0 Å². The van der Waals surface area contributed by atoms with Crippen molar-refractivity contribution in [1.29, 1.82) is 0 Å². The van der Waals surface area contributed by atoms with Gasteiger partial charge in [0.05, 0.1) is 12.6 Å². The van der Waals surface area contributed by atoms with Gasteiger partial charge in [-0.15, -0.1) is 11.3 Å². The Labute approximate surface area is 137 Å². The maximum atomic E-state index is 12.4. The molecule has 0 aliphatic rings. The minimum absolute atomic E-state index is 0.258. The maximum absolute atomic E-state index is 12.4. The highest BCUT2D eigenvalue weighted by molar-refractivity contribution is 7.19. The van der Waals surface area contributed by atoms with Crippen LogP contribution >= 0.6 is 22.7 Å². The summed E-state index contributed by atoms with van der Waals surface area (Å²) in [7, 11) is 0. The van der Waals surface area contributed by atoms with Crippen LogP contribution in [0.5, 0.6) is 0 Å². The molecule has 0 saturated carbocycles. The van der Waals surface area contributed by atoms with Crippen LogP contribution in [-0.2, 0) is 9.53 Å². The van der Waals surface area contributed by atoms with Crippen molar-refractivity contribution in [1.82, 2.24) is 0 Å². The van der Waals surface area contributed by atoms with Crippen molar-refractivity contribution in [3.8, 4) is 0 Å². The molecule has 0 radical (unpaired) electrons. The summed E-state index contributed by atoms with van der Waals surface area (Å²) in [5.74, 6) is -0.717. The molecule has 1 aromatic carbocycles. The minimum Gasteiger partial charge on any atom is -0.465 e. The van der Waals surface area contributed by atoms with E-state index < -0.39 is 12.0 Å². The molecule has 0 fully saturated rings. The zero-order valence-electron chi connectivity index (χ0n) is 12.2. The lowest BCUT2D eigenvalue weighted by Gasteiger charge is -2.20. The summed E-state index contributed by atoms with van der Waals surface area (Å²) in [4.78, 5) is 13.4. The highest BCUT2D eigenvalue weighted by atomic mass is 32.1. The molecule has 3 rings (SSSR count). The average molecular weight is 331 g/mol. The summed E-state index contributed by atoms with van der Waals surface area (Å²) >= 11 is 3.20. The van der Waals surface area contributed by atoms with Crippen LogP contribution in [0.3, 0.4) is 0 Å². The summed E-state index contributed by atoms with van der Waals surface area (Å²) in [5.41, 5.74) is 7.36. The number of thiophene rings is 2. The number of hydrogen-bond acceptors (Lipinski definition) is 5. The number of carbonyl (C=O) groups excluding carboxylic acids is 1. The average Bonchev–Trinajstić information content (AvgIpc) is 3.16. The van der Waals surface area contributed by atoms with Gasteiger partial charge in [-0.2, -0.15) is 11.3 Å². The third kappa shape index (κ3) is 2.92. The monoisotopic (exact) mass is 331 g/mol. The van der Waals surface area contributed by atoms with Crippen LogP contribution < -0.4 is 5.73 Å². The van der Waals surface area contributed by atoms with E-state index in [0.717, 1.165) is 15.8 Å². The van der Waals surface area contributed by atoms with Crippen LogP contribution in [0.4, 0.5) is 0 Å². The zero-order valence-corrected chi connectivity index (χ0v) is 13.8. The molecule has 0 bridgehead atoms. The van der Waals surface area contributed by atoms with Crippen LogP contribution in [-0.4, -0.2) is 12.6 Å². The first-order chi connectivity index (χ1) is 10.7. The van der Waals surface area contributed by atoms with Gasteiger partial charge in [0, 0.05) is 9.58 Å². The standard InChI is InChI=1S/C17H17NO2S2/c1-2-20-17(19)15(12-7-8-21-10-12)16(18)14-9-11-5-3-4-6-13(11)22-14/h3-10,15-16H,2,18H2,1H3. The molecule has 0 spiro atoms. The van der Waals surface area contributed by atoms with Gasteiger partial charge in [-0.3, -0.25) is 4.79 Å². The number of ether oxygens (including phenoxy) is 1.